The van der Waals surface area contributed by atoms with Crippen LogP contribution in [0.15, 0.2) is 0 Å². The van der Waals surface area contributed by atoms with Gasteiger partial charge in [-0.1, -0.05) is 12.3 Å². The van der Waals surface area contributed by atoms with Crippen molar-refractivity contribution in [2.24, 2.45) is 17.6 Å². The Balaban J connectivity index is 1.96. The number of hydrogen-bond acceptors (Lipinski definition) is 2. The van der Waals surface area contributed by atoms with Crippen LogP contribution < -0.4 is 5.73 Å². The van der Waals surface area contributed by atoms with Crippen molar-refractivity contribution in [3.63, 3.8) is 0 Å². The van der Waals surface area contributed by atoms with Gasteiger partial charge in [0.25, 0.3) is 0 Å². The minimum Gasteiger partial charge on any atom is -0.327 e. The van der Waals surface area contributed by atoms with Gasteiger partial charge in [0.15, 0.2) is 0 Å². The van der Waals surface area contributed by atoms with Crippen LogP contribution in [0, 0.1) is 24.2 Å². The second-order valence-electron chi connectivity index (χ2n) is 4.42. The van der Waals surface area contributed by atoms with Gasteiger partial charge < -0.3 is 5.73 Å². The van der Waals surface area contributed by atoms with E-state index in [4.69, 9.17) is 12.2 Å². The largest absolute Gasteiger partial charge is 0.327 e. The maximum atomic E-state index is 6.10. The van der Waals surface area contributed by atoms with Crippen LogP contribution in [0.25, 0.3) is 0 Å². The van der Waals surface area contributed by atoms with Crippen molar-refractivity contribution in [2.75, 3.05) is 19.6 Å². The van der Waals surface area contributed by atoms with Gasteiger partial charge in [0.2, 0.25) is 0 Å². The molecule has 2 heteroatoms. The molecule has 1 heterocycles. The molecule has 2 nitrogen and oxygen atoms in total. The molecule has 2 fully saturated rings. The third kappa shape index (κ3) is 1.72. The van der Waals surface area contributed by atoms with Crippen molar-refractivity contribution in [1.29, 1.82) is 0 Å². The van der Waals surface area contributed by atoms with Crippen LogP contribution in [0.2, 0.25) is 0 Å². The zero-order valence-electron chi connectivity index (χ0n) is 8.08. The lowest BCUT2D eigenvalue weighted by Gasteiger charge is -2.29. The molecule has 1 saturated heterocycles. The molecule has 72 valence electrons. The van der Waals surface area contributed by atoms with Crippen LogP contribution in [0.3, 0.4) is 0 Å². The van der Waals surface area contributed by atoms with Crippen molar-refractivity contribution < 1.29 is 0 Å². The van der Waals surface area contributed by atoms with E-state index in [9.17, 15) is 0 Å². The van der Waals surface area contributed by atoms with Gasteiger partial charge >= 0.3 is 0 Å². The molecule has 0 aromatic carbocycles. The molecular formula is C11H18N2. The predicted octanol–water partition coefficient (Wildman–Crippen LogP) is 0.679. The lowest BCUT2D eigenvalue weighted by atomic mass is 9.78. The summed E-state index contributed by atoms with van der Waals surface area (Å²) in [5, 5.41) is 0. The third-order valence-corrected chi connectivity index (χ3v) is 3.54. The fourth-order valence-corrected chi connectivity index (χ4v) is 2.87. The molecular weight excluding hydrogens is 160 g/mol. The van der Waals surface area contributed by atoms with Gasteiger partial charge in [-0.15, -0.1) is 6.42 Å². The normalized spacial score (nSPS) is 39.8. The molecule has 1 aliphatic carbocycles. The second kappa shape index (κ2) is 3.69. The van der Waals surface area contributed by atoms with Crippen LogP contribution in [-0.2, 0) is 0 Å². The lowest BCUT2D eigenvalue weighted by Crippen LogP contribution is -2.38. The second-order valence-corrected chi connectivity index (χ2v) is 4.42. The van der Waals surface area contributed by atoms with Crippen molar-refractivity contribution in [3.8, 4) is 12.3 Å². The number of terminal acetylenes is 1. The highest BCUT2D eigenvalue weighted by atomic mass is 15.2. The van der Waals surface area contributed by atoms with E-state index >= 15 is 0 Å². The van der Waals surface area contributed by atoms with E-state index in [1.54, 1.807) is 0 Å². The molecule has 0 aromatic heterocycles. The molecule has 2 rings (SSSR count). The summed E-state index contributed by atoms with van der Waals surface area (Å²) in [6, 6.07) is 0.432. The van der Waals surface area contributed by atoms with Crippen LogP contribution in [-0.4, -0.2) is 30.6 Å². The minimum atomic E-state index is 0.432. The van der Waals surface area contributed by atoms with Crippen LogP contribution in [0.1, 0.15) is 19.3 Å². The highest BCUT2D eigenvalue weighted by Crippen LogP contribution is 2.35. The van der Waals surface area contributed by atoms with Crippen LogP contribution in [0.5, 0.6) is 0 Å². The molecule has 3 atom stereocenters. The fraction of sp³-hybridized carbons (Fsp3) is 0.818. The van der Waals surface area contributed by atoms with Gasteiger partial charge in [-0.05, 0) is 24.7 Å². The molecule has 0 spiro atoms. The molecule has 0 aromatic rings. The average Bonchev–Trinajstić information content (AvgIpc) is 2.49. The third-order valence-electron chi connectivity index (χ3n) is 3.54. The summed E-state index contributed by atoms with van der Waals surface area (Å²) in [5.41, 5.74) is 6.10. The Morgan fingerprint density at radius 3 is 2.92 bits per heavy atom. The van der Waals surface area contributed by atoms with Gasteiger partial charge in [-0.3, -0.25) is 4.90 Å². The molecule has 13 heavy (non-hydrogen) atoms. The monoisotopic (exact) mass is 178 g/mol. The van der Waals surface area contributed by atoms with Crippen LogP contribution >= 0.6 is 0 Å². The van der Waals surface area contributed by atoms with E-state index in [1.807, 2.05) is 0 Å². The van der Waals surface area contributed by atoms with Crippen LogP contribution in [0.4, 0.5) is 0 Å². The van der Waals surface area contributed by atoms with E-state index in [2.05, 4.69) is 10.8 Å². The van der Waals surface area contributed by atoms with Crippen molar-refractivity contribution in [1.82, 2.24) is 4.90 Å². The zero-order valence-corrected chi connectivity index (χ0v) is 8.08. The Bertz CT molecular complexity index is 219. The summed E-state index contributed by atoms with van der Waals surface area (Å²) >= 11 is 0. The first-order chi connectivity index (χ1) is 6.31. The molecule has 1 aliphatic heterocycles. The average molecular weight is 178 g/mol. The number of nitrogens with two attached hydrogens (primary N) is 1. The molecule has 0 bridgehead atoms. The smallest absolute Gasteiger partial charge is 0.0599 e. The number of rotatable bonds is 1. The van der Waals surface area contributed by atoms with E-state index in [1.165, 1.54) is 25.8 Å². The van der Waals surface area contributed by atoms with Crippen molar-refractivity contribution >= 4 is 0 Å². The first-order valence-electron chi connectivity index (χ1n) is 5.22. The fourth-order valence-electron chi connectivity index (χ4n) is 2.87. The highest BCUT2D eigenvalue weighted by molar-refractivity contribution is 4.97. The molecule has 2 N–H and O–H groups in total. The summed E-state index contributed by atoms with van der Waals surface area (Å²) in [6.45, 7) is 3.12. The Hall–Kier alpha value is -0.520. The van der Waals surface area contributed by atoms with Gasteiger partial charge in [0.1, 0.15) is 0 Å². The van der Waals surface area contributed by atoms with Gasteiger partial charge in [-0.25, -0.2) is 0 Å². The van der Waals surface area contributed by atoms with Gasteiger partial charge in [-0.2, -0.15) is 0 Å². The Morgan fingerprint density at radius 1 is 1.38 bits per heavy atom. The van der Waals surface area contributed by atoms with E-state index in [0.717, 1.165) is 24.9 Å². The highest BCUT2D eigenvalue weighted by Gasteiger charge is 2.38. The van der Waals surface area contributed by atoms with Crippen molar-refractivity contribution in [3.05, 3.63) is 0 Å². The maximum Gasteiger partial charge on any atom is 0.0599 e. The number of fused-ring (bicyclic) bond motifs is 1. The Kier molecular flexibility index (Phi) is 2.57. The SMILES string of the molecule is C#CCN1CC2CCCC(N)C2C1. The standard InChI is InChI=1S/C11H18N2/c1-2-6-13-7-9-4-3-5-11(12)10(9)8-13/h1,9-11H,3-8,12H2. The van der Waals surface area contributed by atoms with E-state index < -0.39 is 0 Å². The van der Waals surface area contributed by atoms with E-state index in [-0.39, 0.29) is 0 Å². The summed E-state index contributed by atoms with van der Waals surface area (Å²) in [7, 11) is 0. The molecule has 0 amide bonds. The lowest BCUT2D eigenvalue weighted by molar-refractivity contribution is 0.259. The summed E-state index contributed by atoms with van der Waals surface area (Å²) < 4.78 is 0. The number of nitrogens with zero attached hydrogens (tertiary/aromatic N) is 1. The summed E-state index contributed by atoms with van der Waals surface area (Å²) in [4.78, 5) is 2.38. The maximum absolute atomic E-state index is 6.10. The molecule has 0 radical (unpaired) electrons. The molecule has 3 unspecified atom stereocenters. The van der Waals surface area contributed by atoms with Gasteiger partial charge in [0, 0.05) is 19.1 Å². The van der Waals surface area contributed by atoms with Gasteiger partial charge in [0.05, 0.1) is 6.54 Å². The predicted molar refractivity (Wildman–Crippen MR) is 54.1 cm³/mol. The van der Waals surface area contributed by atoms with Crippen molar-refractivity contribution in [2.45, 2.75) is 25.3 Å². The molecule has 1 saturated carbocycles. The first-order valence-corrected chi connectivity index (χ1v) is 5.22. The first kappa shape index (κ1) is 9.05. The number of likely N-dealkylation sites (tertiary alicyclic amines) is 1. The quantitative estimate of drug-likeness (QED) is 0.598. The minimum absolute atomic E-state index is 0.432. The number of hydrogen-bond donors (Lipinski definition) is 1. The topological polar surface area (TPSA) is 29.3 Å². The van der Waals surface area contributed by atoms with E-state index in [0.29, 0.717) is 6.04 Å². The Labute approximate surface area is 80.5 Å². The summed E-state index contributed by atoms with van der Waals surface area (Å²) in [6.07, 6.45) is 9.20. The Morgan fingerprint density at radius 2 is 2.23 bits per heavy atom. The zero-order chi connectivity index (χ0) is 9.26. The molecule has 2 aliphatic rings. The summed E-state index contributed by atoms with van der Waals surface area (Å²) in [5.74, 6) is 4.27.